The van der Waals surface area contributed by atoms with E-state index in [4.69, 9.17) is 28.2 Å². The third-order valence-corrected chi connectivity index (χ3v) is 6.21. The van der Waals surface area contributed by atoms with Crippen LogP contribution in [-0.4, -0.2) is 33.0 Å². The zero-order valence-electron chi connectivity index (χ0n) is 18.5. The summed E-state index contributed by atoms with van der Waals surface area (Å²) in [7, 11) is 0. The molecule has 2 N–H and O–H groups in total. The molecule has 0 aliphatic carbocycles. The number of fused-ring (bicyclic) bond motifs is 1. The third-order valence-electron chi connectivity index (χ3n) is 5.72. The van der Waals surface area contributed by atoms with Gasteiger partial charge in [0.1, 0.15) is 5.75 Å². The Bertz CT molecular complexity index is 1360. The van der Waals surface area contributed by atoms with Gasteiger partial charge in [-0.25, -0.2) is 4.99 Å². The van der Waals surface area contributed by atoms with Crippen molar-refractivity contribution in [3.63, 3.8) is 0 Å². The zero-order chi connectivity index (χ0) is 23.5. The van der Waals surface area contributed by atoms with Crippen LogP contribution in [0.2, 0.25) is 10.0 Å². The molecule has 0 saturated carbocycles. The molecule has 1 aromatic heterocycles. The van der Waals surface area contributed by atoms with Crippen LogP contribution >= 0.6 is 23.2 Å². The molecule has 170 valence electrons. The average Bonchev–Trinajstić information content (AvgIpc) is 2.81. The lowest BCUT2D eigenvalue weighted by atomic mass is 10.00. The lowest BCUT2D eigenvalue weighted by molar-refractivity contribution is 0.198. The van der Waals surface area contributed by atoms with Gasteiger partial charge in [-0.2, -0.15) is 4.73 Å². The van der Waals surface area contributed by atoms with E-state index in [-0.39, 0.29) is 5.75 Å². The summed E-state index contributed by atoms with van der Waals surface area (Å²) in [6, 6.07) is 18.2. The predicted molar refractivity (Wildman–Crippen MR) is 135 cm³/mol. The van der Waals surface area contributed by atoms with Gasteiger partial charge in [-0.15, -0.1) is 0 Å². The number of halogens is 2. The Morgan fingerprint density at radius 1 is 0.909 bits per heavy atom. The number of phenols is 1. The third kappa shape index (κ3) is 5.01. The van der Waals surface area contributed by atoms with Crippen LogP contribution in [0.5, 0.6) is 5.75 Å². The van der Waals surface area contributed by atoms with Gasteiger partial charge in [-0.05, 0) is 67.2 Å². The molecule has 0 aliphatic heterocycles. The van der Waals surface area contributed by atoms with Gasteiger partial charge < -0.3 is 10.3 Å². The fourth-order valence-corrected chi connectivity index (χ4v) is 4.15. The van der Waals surface area contributed by atoms with E-state index in [1.807, 2.05) is 30.3 Å². The zero-order valence-corrected chi connectivity index (χ0v) is 20.0. The van der Waals surface area contributed by atoms with E-state index in [0.717, 1.165) is 34.3 Å². The summed E-state index contributed by atoms with van der Waals surface area (Å²) in [6.45, 7) is 6.54. The quantitative estimate of drug-likeness (QED) is 0.303. The molecule has 3 aromatic carbocycles. The second kappa shape index (κ2) is 9.87. The Morgan fingerprint density at radius 2 is 1.61 bits per heavy atom. The number of hydrogen-bond donors (Lipinski definition) is 2. The fraction of sp³-hybridized carbons (Fsp3) is 0.192. The molecule has 0 unspecified atom stereocenters. The highest BCUT2D eigenvalue weighted by Gasteiger charge is 2.14. The molecular formula is C26H25Cl2N3O2. The van der Waals surface area contributed by atoms with Crippen LogP contribution in [-0.2, 0) is 6.54 Å². The minimum absolute atomic E-state index is 0.237. The minimum Gasteiger partial charge on any atom is -0.507 e. The maximum absolute atomic E-state index is 11.1. The molecule has 7 heteroatoms. The van der Waals surface area contributed by atoms with E-state index in [1.165, 1.54) is 6.20 Å². The lowest BCUT2D eigenvalue weighted by Crippen LogP contribution is -2.22. The molecule has 0 saturated heterocycles. The number of phenolic OH excluding ortho intramolecular Hbond substituents is 1. The smallest absolute Gasteiger partial charge is 0.128 e. The summed E-state index contributed by atoms with van der Waals surface area (Å²) in [4.78, 5) is 7.12. The van der Waals surface area contributed by atoms with Crippen molar-refractivity contribution in [1.29, 1.82) is 0 Å². The minimum atomic E-state index is 0.237. The number of aromatic hydroxyl groups is 1. The number of benzene rings is 3. The first-order valence-corrected chi connectivity index (χ1v) is 11.5. The first-order chi connectivity index (χ1) is 15.9. The standard InChI is InChI=1S/C26H25Cl2N3O2/c1-3-30(4-2)16-18-13-21(15-23(26(18)32)17-5-7-19(27)8-6-17)29-24-11-12-31(33)25-14-20(28)9-10-22(24)25/h5-15,32-33H,3-4,16H2,1-2H3. The van der Waals surface area contributed by atoms with Gasteiger partial charge in [0, 0.05) is 39.3 Å². The number of hydrogen-bond acceptors (Lipinski definition) is 4. The molecule has 0 bridgehead atoms. The molecule has 1 heterocycles. The second-order valence-electron chi connectivity index (χ2n) is 7.79. The Morgan fingerprint density at radius 3 is 2.30 bits per heavy atom. The Balaban J connectivity index is 1.93. The van der Waals surface area contributed by atoms with Crippen LogP contribution in [0.1, 0.15) is 19.4 Å². The van der Waals surface area contributed by atoms with E-state index in [2.05, 4.69) is 18.7 Å². The predicted octanol–water partition coefficient (Wildman–Crippen LogP) is 6.63. The molecule has 0 fully saturated rings. The van der Waals surface area contributed by atoms with Gasteiger partial charge in [0.25, 0.3) is 0 Å². The van der Waals surface area contributed by atoms with Crippen molar-refractivity contribution >= 4 is 39.8 Å². The topological polar surface area (TPSA) is 61.0 Å². The highest BCUT2D eigenvalue weighted by atomic mass is 35.5. The van der Waals surface area contributed by atoms with Crippen molar-refractivity contribution < 1.29 is 10.3 Å². The molecule has 4 aromatic rings. The maximum Gasteiger partial charge on any atom is 0.128 e. The summed E-state index contributed by atoms with van der Waals surface area (Å²) < 4.78 is 1.03. The van der Waals surface area contributed by atoms with E-state index < -0.39 is 0 Å². The van der Waals surface area contributed by atoms with Crippen LogP contribution < -0.4 is 5.36 Å². The molecule has 0 amide bonds. The van der Waals surface area contributed by atoms with E-state index in [0.29, 0.717) is 38.7 Å². The lowest BCUT2D eigenvalue weighted by Gasteiger charge is -2.20. The van der Waals surface area contributed by atoms with Gasteiger partial charge in [0.2, 0.25) is 0 Å². The van der Waals surface area contributed by atoms with Crippen LogP contribution in [0.25, 0.3) is 22.0 Å². The molecular weight excluding hydrogens is 457 g/mol. The van der Waals surface area contributed by atoms with E-state index in [9.17, 15) is 10.3 Å². The van der Waals surface area contributed by atoms with Crippen molar-refractivity contribution in [3.05, 3.63) is 87.8 Å². The summed E-state index contributed by atoms with van der Waals surface area (Å²) >= 11 is 12.2. The SMILES string of the molecule is CCN(CC)Cc1cc(N=c2ccn(O)c3cc(Cl)ccc23)cc(-c2ccc(Cl)cc2)c1O. The Hall–Kier alpha value is -2.99. The van der Waals surface area contributed by atoms with Gasteiger partial charge in [0.05, 0.1) is 16.6 Å². The number of pyridine rings is 1. The van der Waals surface area contributed by atoms with Crippen LogP contribution in [0, 0.1) is 0 Å². The largest absolute Gasteiger partial charge is 0.507 e. The molecule has 0 radical (unpaired) electrons. The van der Waals surface area contributed by atoms with Crippen LogP contribution in [0.3, 0.4) is 0 Å². The second-order valence-corrected chi connectivity index (χ2v) is 8.66. The monoisotopic (exact) mass is 481 g/mol. The van der Waals surface area contributed by atoms with E-state index >= 15 is 0 Å². The van der Waals surface area contributed by atoms with Crippen molar-refractivity contribution in [2.75, 3.05) is 13.1 Å². The maximum atomic E-state index is 11.1. The first kappa shape index (κ1) is 23.2. The van der Waals surface area contributed by atoms with Crippen molar-refractivity contribution in [2.24, 2.45) is 4.99 Å². The Labute approximate surface area is 202 Å². The van der Waals surface area contributed by atoms with Gasteiger partial charge in [0.15, 0.2) is 0 Å². The molecule has 5 nitrogen and oxygen atoms in total. The Kier molecular flexibility index (Phi) is 6.94. The van der Waals surface area contributed by atoms with Crippen molar-refractivity contribution in [3.8, 4) is 16.9 Å². The van der Waals surface area contributed by atoms with E-state index in [1.54, 1.807) is 30.3 Å². The highest BCUT2D eigenvalue weighted by molar-refractivity contribution is 6.31. The van der Waals surface area contributed by atoms with Gasteiger partial charge in [-0.1, -0.05) is 49.2 Å². The highest BCUT2D eigenvalue weighted by Crippen LogP contribution is 2.37. The van der Waals surface area contributed by atoms with Crippen molar-refractivity contribution in [1.82, 2.24) is 9.63 Å². The van der Waals surface area contributed by atoms with Crippen LogP contribution in [0.4, 0.5) is 5.69 Å². The molecule has 4 rings (SSSR count). The molecule has 33 heavy (non-hydrogen) atoms. The van der Waals surface area contributed by atoms with Gasteiger partial charge >= 0.3 is 0 Å². The molecule has 0 atom stereocenters. The summed E-state index contributed by atoms with van der Waals surface area (Å²) in [5.41, 5.74) is 3.60. The van der Waals surface area contributed by atoms with Crippen molar-refractivity contribution in [2.45, 2.75) is 20.4 Å². The number of aromatic nitrogens is 1. The average molecular weight is 482 g/mol. The van der Waals surface area contributed by atoms with Gasteiger partial charge in [-0.3, -0.25) is 4.90 Å². The normalized spacial score (nSPS) is 12.1. The molecule has 0 spiro atoms. The number of nitrogens with zero attached hydrogens (tertiary/aromatic N) is 3. The summed E-state index contributed by atoms with van der Waals surface area (Å²) in [5.74, 6) is 0.237. The number of rotatable bonds is 6. The van der Waals surface area contributed by atoms with Crippen LogP contribution in [0.15, 0.2) is 71.9 Å². The molecule has 0 aliphatic rings. The summed E-state index contributed by atoms with van der Waals surface area (Å²) in [5, 5.41) is 23.9. The first-order valence-electron chi connectivity index (χ1n) is 10.8. The fourth-order valence-electron chi connectivity index (χ4n) is 3.86. The summed E-state index contributed by atoms with van der Waals surface area (Å²) in [6.07, 6.45) is 1.54.